The Hall–Kier alpha value is -0.0000000000000000555. The number of hydrogen-bond acceptors (Lipinski definition) is 3. The Morgan fingerprint density at radius 3 is 2.71 bits per heavy atom. The van der Waals surface area contributed by atoms with Crippen LogP contribution in [0.25, 0.3) is 0 Å². The van der Waals surface area contributed by atoms with Crippen molar-refractivity contribution in [2.45, 2.75) is 25.5 Å². The summed E-state index contributed by atoms with van der Waals surface area (Å²) in [5.74, 6) is 1.54. The van der Waals surface area contributed by atoms with Gasteiger partial charge in [0.2, 0.25) is 0 Å². The van der Waals surface area contributed by atoms with Gasteiger partial charge in [-0.05, 0) is 29.8 Å². The van der Waals surface area contributed by atoms with Gasteiger partial charge in [-0.25, -0.2) is 0 Å². The van der Waals surface area contributed by atoms with E-state index in [1.807, 2.05) is 4.68 Å². The van der Waals surface area contributed by atoms with Crippen LogP contribution >= 0.6 is 27.7 Å². The van der Waals surface area contributed by atoms with Crippen LogP contribution in [-0.2, 0) is 5.60 Å². The highest BCUT2D eigenvalue weighted by Crippen LogP contribution is 2.42. The molecule has 14 heavy (non-hydrogen) atoms. The fraction of sp³-hybridized carbons (Fsp3) is 0.667. The highest BCUT2D eigenvalue weighted by atomic mass is 79.9. The molecule has 1 aliphatic rings. The van der Waals surface area contributed by atoms with Gasteiger partial charge in [-0.2, -0.15) is 16.9 Å². The Balaban J connectivity index is 2.44. The number of aromatic nitrogens is 2. The van der Waals surface area contributed by atoms with Gasteiger partial charge in [-0.3, -0.25) is 4.68 Å². The summed E-state index contributed by atoms with van der Waals surface area (Å²) in [4.78, 5) is 0. The van der Waals surface area contributed by atoms with E-state index < -0.39 is 5.60 Å². The maximum absolute atomic E-state index is 10.3. The van der Waals surface area contributed by atoms with Gasteiger partial charge < -0.3 is 5.11 Å². The second-order valence-corrected chi connectivity index (χ2v) is 5.74. The summed E-state index contributed by atoms with van der Waals surface area (Å²) in [7, 11) is 0. The van der Waals surface area contributed by atoms with Gasteiger partial charge in [0.05, 0.1) is 16.4 Å². The third kappa shape index (κ3) is 1.51. The fourth-order valence-electron chi connectivity index (χ4n) is 1.60. The Morgan fingerprint density at radius 1 is 1.64 bits per heavy atom. The quantitative estimate of drug-likeness (QED) is 0.900. The summed E-state index contributed by atoms with van der Waals surface area (Å²) >= 11 is 5.20. The minimum Gasteiger partial charge on any atom is -0.382 e. The van der Waals surface area contributed by atoms with Gasteiger partial charge in [0, 0.05) is 17.5 Å². The van der Waals surface area contributed by atoms with Gasteiger partial charge in [-0.15, -0.1) is 0 Å². The standard InChI is InChI=1S/C9H13BrN2OS/c1-6(2)12-8(7(10)3-11-12)9(13)4-14-5-9/h3,6,13H,4-5H2,1-2H3. The van der Waals surface area contributed by atoms with E-state index in [-0.39, 0.29) is 6.04 Å². The number of thioether (sulfide) groups is 1. The first-order chi connectivity index (χ1) is 6.54. The summed E-state index contributed by atoms with van der Waals surface area (Å²) in [5.41, 5.74) is 0.246. The second kappa shape index (κ2) is 3.54. The second-order valence-electron chi connectivity index (χ2n) is 3.90. The third-order valence-corrected chi connectivity index (χ3v) is 4.31. The van der Waals surface area contributed by atoms with E-state index in [9.17, 15) is 5.11 Å². The largest absolute Gasteiger partial charge is 0.382 e. The molecule has 1 fully saturated rings. The molecular weight excluding hydrogens is 264 g/mol. The van der Waals surface area contributed by atoms with E-state index in [1.165, 1.54) is 0 Å². The molecule has 1 N–H and O–H groups in total. The molecule has 1 aromatic rings. The van der Waals surface area contributed by atoms with E-state index in [1.54, 1.807) is 18.0 Å². The van der Waals surface area contributed by atoms with Crippen LogP contribution in [0.2, 0.25) is 0 Å². The molecule has 0 unspecified atom stereocenters. The first-order valence-corrected chi connectivity index (χ1v) is 6.53. The first-order valence-electron chi connectivity index (χ1n) is 4.58. The van der Waals surface area contributed by atoms with E-state index in [0.29, 0.717) is 0 Å². The molecule has 0 aromatic carbocycles. The van der Waals surface area contributed by atoms with Crippen molar-refractivity contribution in [3.63, 3.8) is 0 Å². The first kappa shape index (κ1) is 10.5. The average Bonchev–Trinajstić information content (AvgIpc) is 2.43. The van der Waals surface area contributed by atoms with E-state index >= 15 is 0 Å². The summed E-state index contributed by atoms with van der Waals surface area (Å²) < 4.78 is 2.80. The Bertz CT molecular complexity index is 347. The molecule has 2 heterocycles. The highest BCUT2D eigenvalue weighted by molar-refractivity contribution is 9.10. The lowest BCUT2D eigenvalue weighted by Gasteiger charge is -2.37. The van der Waals surface area contributed by atoms with Gasteiger partial charge in [0.15, 0.2) is 0 Å². The summed E-state index contributed by atoms with van der Waals surface area (Å²) in [6.07, 6.45) is 1.76. The number of rotatable bonds is 2. The van der Waals surface area contributed by atoms with E-state index in [4.69, 9.17) is 0 Å². The molecule has 0 bridgehead atoms. The molecule has 0 amide bonds. The van der Waals surface area contributed by atoms with Gasteiger partial charge in [-0.1, -0.05) is 0 Å². The zero-order chi connectivity index (χ0) is 10.3. The molecule has 1 saturated heterocycles. The lowest BCUT2D eigenvalue weighted by atomic mass is 10.0. The molecule has 1 aliphatic heterocycles. The smallest absolute Gasteiger partial charge is 0.125 e. The molecule has 2 rings (SSSR count). The van der Waals surface area contributed by atoms with Crippen LogP contribution in [0.15, 0.2) is 10.7 Å². The SMILES string of the molecule is CC(C)n1ncc(Br)c1C1(O)CSC1. The predicted octanol–water partition coefficient (Wildman–Crippen LogP) is 2.16. The normalized spacial score (nSPS) is 19.8. The predicted molar refractivity (Wildman–Crippen MR) is 61.5 cm³/mol. The Kier molecular flexibility index (Phi) is 2.66. The minimum atomic E-state index is -0.676. The van der Waals surface area contributed by atoms with Crippen LogP contribution in [0.3, 0.4) is 0 Å². The summed E-state index contributed by atoms with van der Waals surface area (Å²) in [5, 5.41) is 14.5. The van der Waals surface area contributed by atoms with Crippen LogP contribution in [0, 0.1) is 0 Å². The average molecular weight is 277 g/mol. The molecule has 5 heteroatoms. The molecular formula is C9H13BrN2OS. The Morgan fingerprint density at radius 2 is 2.29 bits per heavy atom. The van der Waals surface area contributed by atoms with Crippen molar-refractivity contribution < 1.29 is 5.11 Å². The van der Waals surface area contributed by atoms with E-state index in [2.05, 4.69) is 34.9 Å². The number of hydrogen-bond donors (Lipinski definition) is 1. The highest BCUT2D eigenvalue weighted by Gasteiger charge is 2.42. The zero-order valence-corrected chi connectivity index (χ0v) is 10.6. The molecule has 0 spiro atoms. The lowest BCUT2D eigenvalue weighted by Crippen LogP contribution is -2.42. The third-order valence-electron chi connectivity index (χ3n) is 2.36. The Labute approximate surface area is 96.0 Å². The monoisotopic (exact) mass is 276 g/mol. The van der Waals surface area contributed by atoms with Crippen LogP contribution in [-0.4, -0.2) is 26.4 Å². The maximum atomic E-state index is 10.3. The molecule has 3 nitrogen and oxygen atoms in total. The van der Waals surface area contributed by atoms with Crippen molar-refractivity contribution in [1.29, 1.82) is 0 Å². The number of nitrogens with zero attached hydrogens (tertiary/aromatic N) is 2. The fourth-order valence-corrected chi connectivity index (χ4v) is 3.11. The van der Waals surface area contributed by atoms with Crippen molar-refractivity contribution in [1.82, 2.24) is 9.78 Å². The molecule has 0 atom stereocenters. The van der Waals surface area contributed by atoms with Crippen LogP contribution in [0.1, 0.15) is 25.6 Å². The topological polar surface area (TPSA) is 38.0 Å². The summed E-state index contributed by atoms with van der Waals surface area (Å²) in [6, 6.07) is 0.283. The van der Waals surface area contributed by atoms with Gasteiger partial charge in [0.25, 0.3) is 0 Å². The molecule has 0 aliphatic carbocycles. The van der Waals surface area contributed by atoms with Crippen molar-refractivity contribution in [3.8, 4) is 0 Å². The van der Waals surface area contributed by atoms with Gasteiger partial charge in [0.1, 0.15) is 5.60 Å². The zero-order valence-electron chi connectivity index (χ0n) is 8.20. The van der Waals surface area contributed by atoms with Crippen molar-refractivity contribution in [2.75, 3.05) is 11.5 Å². The van der Waals surface area contributed by atoms with Crippen molar-refractivity contribution in [3.05, 3.63) is 16.4 Å². The van der Waals surface area contributed by atoms with Crippen molar-refractivity contribution in [2.24, 2.45) is 0 Å². The maximum Gasteiger partial charge on any atom is 0.125 e. The number of aliphatic hydroxyl groups is 1. The minimum absolute atomic E-state index is 0.283. The van der Waals surface area contributed by atoms with Crippen molar-refractivity contribution >= 4 is 27.7 Å². The lowest BCUT2D eigenvalue weighted by molar-refractivity contribution is 0.0645. The molecule has 0 saturated carbocycles. The van der Waals surface area contributed by atoms with Crippen LogP contribution in [0.4, 0.5) is 0 Å². The van der Waals surface area contributed by atoms with Crippen LogP contribution in [0.5, 0.6) is 0 Å². The van der Waals surface area contributed by atoms with E-state index in [0.717, 1.165) is 21.7 Å². The molecule has 78 valence electrons. The molecule has 1 aromatic heterocycles. The number of halogens is 1. The summed E-state index contributed by atoms with van der Waals surface area (Å²) in [6.45, 7) is 4.14. The van der Waals surface area contributed by atoms with Crippen LogP contribution < -0.4 is 0 Å². The van der Waals surface area contributed by atoms with Gasteiger partial charge >= 0.3 is 0 Å². The molecule has 0 radical (unpaired) electrons.